The maximum absolute atomic E-state index is 13.7. The number of anilines is 1. The van der Waals surface area contributed by atoms with Crippen molar-refractivity contribution in [1.29, 1.82) is 0 Å². The lowest BCUT2D eigenvalue weighted by Crippen LogP contribution is -2.13. The number of benzene rings is 3. The molecule has 36 heavy (non-hydrogen) atoms. The summed E-state index contributed by atoms with van der Waals surface area (Å²) in [6.07, 6.45) is -1.15. The Balaban J connectivity index is 1.69. The smallest absolute Gasteiger partial charge is 0.269 e. The number of non-ortho nitro benzene ring substituents is 1. The van der Waals surface area contributed by atoms with E-state index in [2.05, 4.69) is 9.97 Å². The molecule has 11 heteroatoms. The number of aliphatic hydroxyl groups excluding tert-OH is 1. The zero-order valence-electron chi connectivity index (χ0n) is 19.1. The Morgan fingerprint density at radius 1 is 1.00 bits per heavy atom. The highest BCUT2D eigenvalue weighted by atomic mass is 32.2. The average Bonchev–Trinajstić information content (AvgIpc) is 3.13. The van der Waals surface area contributed by atoms with Gasteiger partial charge in [0.1, 0.15) is 16.2 Å². The molecule has 3 N–H and O–H groups in total. The number of rotatable bonds is 6. The average molecular weight is 504 g/mol. The molecule has 0 amide bonds. The molecule has 2 heterocycles. The number of para-hydroxylation sites is 2. The van der Waals surface area contributed by atoms with Crippen LogP contribution >= 0.6 is 0 Å². The summed E-state index contributed by atoms with van der Waals surface area (Å²) in [7, 11) is -4.08. The summed E-state index contributed by atoms with van der Waals surface area (Å²) < 4.78 is 28.8. The first-order chi connectivity index (χ1) is 17.2. The highest BCUT2D eigenvalue weighted by molar-refractivity contribution is 7.92. The van der Waals surface area contributed by atoms with Crippen LogP contribution in [0.2, 0.25) is 0 Å². The van der Waals surface area contributed by atoms with Gasteiger partial charge in [-0.3, -0.25) is 10.1 Å². The van der Waals surface area contributed by atoms with Crippen LogP contribution < -0.4 is 5.73 Å². The van der Waals surface area contributed by atoms with E-state index in [1.54, 1.807) is 36.4 Å². The standard InChI is InChI=1S/C25H21N5O5S/c1-15-6-12-18(13-7-15)36(34,35)23-22-25(28-20-5-3-2-4-19(20)27-22)29(24(23)26)14-21(31)16-8-10-17(11-9-16)30(32)33/h2-13,21,31H,14,26H2,1H3/t21-/m1/s1. The molecule has 182 valence electrons. The molecule has 10 nitrogen and oxygen atoms in total. The van der Waals surface area contributed by atoms with Crippen LogP contribution in [0.15, 0.2) is 82.6 Å². The second-order valence-electron chi connectivity index (χ2n) is 8.39. The topological polar surface area (TPSA) is 154 Å². The van der Waals surface area contributed by atoms with Crippen molar-refractivity contribution < 1.29 is 18.4 Å². The third kappa shape index (κ3) is 3.93. The number of hydrogen-bond acceptors (Lipinski definition) is 8. The number of hydrogen-bond donors (Lipinski definition) is 2. The first-order valence-corrected chi connectivity index (χ1v) is 12.4. The minimum absolute atomic E-state index is 0.0599. The Hall–Kier alpha value is -4.35. The lowest BCUT2D eigenvalue weighted by molar-refractivity contribution is -0.384. The van der Waals surface area contributed by atoms with Gasteiger partial charge in [-0.25, -0.2) is 18.4 Å². The van der Waals surface area contributed by atoms with Gasteiger partial charge >= 0.3 is 0 Å². The Kier molecular flexibility index (Phi) is 5.65. The van der Waals surface area contributed by atoms with Gasteiger partial charge in [-0.05, 0) is 48.9 Å². The number of sulfone groups is 1. The quantitative estimate of drug-likeness (QED) is 0.261. The van der Waals surface area contributed by atoms with Crippen LogP contribution in [0, 0.1) is 17.0 Å². The molecule has 0 saturated heterocycles. The Morgan fingerprint density at radius 2 is 1.61 bits per heavy atom. The van der Waals surface area contributed by atoms with E-state index >= 15 is 0 Å². The molecular weight excluding hydrogens is 482 g/mol. The number of nitrogen functional groups attached to an aromatic ring is 1. The van der Waals surface area contributed by atoms with Crippen molar-refractivity contribution in [2.45, 2.75) is 29.4 Å². The van der Waals surface area contributed by atoms with E-state index in [0.717, 1.165) is 5.56 Å². The summed E-state index contributed by atoms with van der Waals surface area (Å²) in [5, 5.41) is 21.9. The molecule has 0 spiro atoms. The predicted molar refractivity (Wildman–Crippen MR) is 134 cm³/mol. The van der Waals surface area contributed by atoms with Crippen molar-refractivity contribution >= 4 is 43.5 Å². The maximum atomic E-state index is 13.7. The van der Waals surface area contributed by atoms with Gasteiger partial charge in [-0.2, -0.15) is 0 Å². The monoisotopic (exact) mass is 503 g/mol. The van der Waals surface area contributed by atoms with E-state index in [1.807, 2.05) is 6.92 Å². The van der Waals surface area contributed by atoms with Gasteiger partial charge in [0.15, 0.2) is 5.65 Å². The number of nitrogens with zero attached hydrogens (tertiary/aromatic N) is 4. The molecule has 2 aromatic heterocycles. The molecule has 0 radical (unpaired) electrons. The van der Waals surface area contributed by atoms with E-state index in [9.17, 15) is 23.6 Å². The van der Waals surface area contributed by atoms with E-state index in [0.29, 0.717) is 16.6 Å². The third-order valence-corrected chi connectivity index (χ3v) is 7.82. The van der Waals surface area contributed by atoms with Gasteiger partial charge < -0.3 is 15.4 Å². The lowest BCUT2D eigenvalue weighted by atomic mass is 10.1. The summed E-state index contributed by atoms with van der Waals surface area (Å²) >= 11 is 0. The Labute approximate surface area is 205 Å². The van der Waals surface area contributed by atoms with Crippen LogP contribution in [0.25, 0.3) is 22.2 Å². The molecule has 3 aromatic carbocycles. The molecule has 0 bridgehead atoms. The minimum Gasteiger partial charge on any atom is -0.387 e. The largest absolute Gasteiger partial charge is 0.387 e. The molecule has 0 aliphatic heterocycles. The van der Waals surface area contributed by atoms with Crippen molar-refractivity contribution in [3.63, 3.8) is 0 Å². The van der Waals surface area contributed by atoms with Crippen molar-refractivity contribution in [2.75, 3.05) is 5.73 Å². The van der Waals surface area contributed by atoms with Crippen molar-refractivity contribution in [3.05, 3.63) is 94.0 Å². The van der Waals surface area contributed by atoms with Crippen LogP contribution in [-0.4, -0.2) is 33.0 Å². The first-order valence-electron chi connectivity index (χ1n) is 11.0. The molecule has 0 aliphatic rings. The molecule has 0 unspecified atom stereocenters. The molecule has 0 fully saturated rings. The summed E-state index contributed by atoms with van der Waals surface area (Å²) in [4.78, 5) is 19.5. The molecule has 1 atom stereocenters. The van der Waals surface area contributed by atoms with E-state index < -0.39 is 20.9 Å². The van der Waals surface area contributed by atoms with Crippen LogP contribution in [-0.2, 0) is 16.4 Å². The second-order valence-corrected chi connectivity index (χ2v) is 10.3. The van der Waals surface area contributed by atoms with Gasteiger partial charge in [0.05, 0.1) is 33.5 Å². The highest BCUT2D eigenvalue weighted by Crippen LogP contribution is 2.36. The number of fused-ring (bicyclic) bond motifs is 2. The van der Waals surface area contributed by atoms with E-state index in [-0.39, 0.29) is 39.0 Å². The molecule has 5 rings (SSSR count). The predicted octanol–water partition coefficient (Wildman–Crippen LogP) is 3.95. The summed E-state index contributed by atoms with van der Waals surface area (Å²) in [6.45, 7) is 1.71. The first kappa shape index (κ1) is 23.4. The van der Waals surface area contributed by atoms with E-state index in [4.69, 9.17) is 5.73 Å². The summed E-state index contributed by atoms with van der Waals surface area (Å²) in [5.74, 6) is -0.109. The molecule has 0 saturated carbocycles. The number of aryl methyl sites for hydroxylation is 1. The van der Waals surface area contributed by atoms with Gasteiger partial charge in [-0.1, -0.05) is 29.8 Å². The van der Waals surface area contributed by atoms with Crippen LogP contribution in [0.5, 0.6) is 0 Å². The van der Waals surface area contributed by atoms with Crippen molar-refractivity contribution in [3.8, 4) is 0 Å². The van der Waals surface area contributed by atoms with Gasteiger partial charge in [0.25, 0.3) is 5.69 Å². The lowest BCUT2D eigenvalue weighted by Gasteiger charge is -2.14. The normalized spacial score (nSPS) is 12.7. The minimum atomic E-state index is -4.08. The fraction of sp³-hybridized carbons (Fsp3) is 0.120. The number of nitrogens with two attached hydrogens (primary N) is 1. The summed E-state index contributed by atoms with van der Waals surface area (Å²) in [6, 6.07) is 18.9. The van der Waals surface area contributed by atoms with E-state index in [1.165, 1.54) is 41.0 Å². The van der Waals surface area contributed by atoms with Crippen molar-refractivity contribution in [1.82, 2.24) is 14.5 Å². The zero-order valence-corrected chi connectivity index (χ0v) is 19.9. The third-order valence-electron chi connectivity index (χ3n) is 5.99. The Bertz CT molecular complexity index is 1730. The number of nitro groups is 1. The number of aromatic nitrogens is 3. The maximum Gasteiger partial charge on any atom is 0.269 e. The van der Waals surface area contributed by atoms with Crippen LogP contribution in [0.4, 0.5) is 11.5 Å². The molecular formula is C25H21N5O5S. The van der Waals surface area contributed by atoms with Gasteiger partial charge in [-0.15, -0.1) is 0 Å². The fourth-order valence-electron chi connectivity index (χ4n) is 4.07. The van der Waals surface area contributed by atoms with Crippen LogP contribution in [0.3, 0.4) is 0 Å². The zero-order chi connectivity index (χ0) is 25.6. The molecule has 5 aromatic rings. The van der Waals surface area contributed by atoms with Crippen LogP contribution in [0.1, 0.15) is 17.2 Å². The van der Waals surface area contributed by atoms with Gasteiger partial charge in [0.2, 0.25) is 9.84 Å². The van der Waals surface area contributed by atoms with Gasteiger partial charge in [0, 0.05) is 12.1 Å². The summed E-state index contributed by atoms with van der Waals surface area (Å²) in [5.41, 5.74) is 8.96. The molecule has 0 aliphatic carbocycles. The Morgan fingerprint density at radius 3 is 2.22 bits per heavy atom. The number of aliphatic hydroxyl groups is 1. The fourth-order valence-corrected chi connectivity index (χ4v) is 5.58. The van der Waals surface area contributed by atoms with Crippen molar-refractivity contribution in [2.24, 2.45) is 0 Å². The highest BCUT2D eigenvalue weighted by Gasteiger charge is 2.31. The number of nitro benzene ring substituents is 1. The second kappa shape index (κ2) is 8.70. The SMILES string of the molecule is Cc1ccc(S(=O)(=O)c2c(N)n(C[C@@H](O)c3ccc([N+](=O)[O-])cc3)c3nc4ccccc4nc23)cc1.